The van der Waals surface area contributed by atoms with Gasteiger partial charge in [-0.25, -0.2) is 0 Å². The summed E-state index contributed by atoms with van der Waals surface area (Å²) < 4.78 is 11.4. The highest BCUT2D eigenvalue weighted by Gasteiger charge is 2.23. The van der Waals surface area contributed by atoms with Crippen LogP contribution in [0.25, 0.3) is 0 Å². The molecule has 0 N–H and O–H groups in total. The summed E-state index contributed by atoms with van der Waals surface area (Å²) in [5.74, 6) is 2.77. The van der Waals surface area contributed by atoms with Gasteiger partial charge in [0.05, 0.1) is 13.7 Å². The molecule has 4 heteroatoms. The second-order valence-electron chi connectivity index (χ2n) is 7.70. The molecule has 1 saturated heterocycles. The first-order valence-corrected chi connectivity index (χ1v) is 10.1. The highest BCUT2D eigenvalue weighted by molar-refractivity contribution is 5.34. The summed E-state index contributed by atoms with van der Waals surface area (Å²) in [6.07, 6.45) is 2.29. The molecule has 4 rings (SSSR count). The number of ether oxygens (including phenoxy) is 2. The van der Waals surface area contributed by atoms with E-state index in [1.807, 2.05) is 6.07 Å². The summed E-state index contributed by atoms with van der Waals surface area (Å²) in [7, 11) is 1.76. The van der Waals surface area contributed by atoms with Gasteiger partial charge in [0.25, 0.3) is 0 Å². The van der Waals surface area contributed by atoms with Crippen LogP contribution >= 0.6 is 0 Å². The van der Waals surface area contributed by atoms with Gasteiger partial charge in [0, 0.05) is 44.8 Å². The van der Waals surface area contributed by atoms with Gasteiger partial charge in [-0.2, -0.15) is 0 Å². The van der Waals surface area contributed by atoms with E-state index in [1.54, 1.807) is 7.11 Å². The summed E-state index contributed by atoms with van der Waals surface area (Å²) >= 11 is 0. The normalized spacial score (nSPS) is 21.1. The molecule has 2 aromatic rings. The fourth-order valence-electron chi connectivity index (χ4n) is 4.29. The van der Waals surface area contributed by atoms with Crippen molar-refractivity contribution in [3.8, 4) is 11.5 Å². The Morgan fingerprint density at radius 2 is 1.70 bits per heavy atom. The third-order valence-corrected chi connectivity index (χ3v) is 5.83. The third-order valence-electron chi connectivity index (χ3n) is 5.83. The average molecular weight is 367 g/mol. The number of benzene rings is 2. The predicted molar refractivity (Wildman–Crippen MR) is 108 cm³/mol. The predicted octanol–water partition coefficient (Wildman–Crippen LogP) is 3.45. The first-order chi connectivity index (χ1) is 13.3. The van der Waals surface area contributed by atoms with E-state index < -0.39 is 0 Å². The maximum atomic E-state index is 5.93. The standard InChI is InChI=1S/C23H30N2O2/c1-26-22-8-4-3-7-21(22)18-25-13-11-24(12-14-25)17-19-10-15-27-23-9-5-2-6-20(23)16-19/h2-9,19H,10-18H2,1H3. The van der Waals surface area contributed by atoms with Crippen LogP contribution in [0.2, 0.25) is 0 Å². The van der Waals surface area contributed by atoms with Crippen molar-refractivity contribution in [2.45, 2.75) is 19.4 Å². The second-order valence-corrected chi connectivity index (χ2v) is 7.70. The van der Waals surface area contributed by atoms with Crippen molar-refractivity contribution in [3.05, 3.63) is 59.7 Å². The molecule has 1 atom stereocenters. The van der Waals surface area contributed by atoms with Crippen molar-refractivity contribution in [1.82, 2.24) is 9.80 Å². The smallest absolute Gasteiger partial charge is 0.123 e. The molecule has 27 heavy (non-hydrogen) atoms. The maximum absolute atomic E-state index is 5.93. The van der Waals surface area contributed by atoms with Crippen LogP contribution in [0, 0.1) is 5.92 Å². The number of rotatable bonds is 5. The highest BCUT2D eigenvalue weighted by Crippen LogP contribution is 2.27. The van der Waals surface area contributed by atoms with Gasteiger partial charge in [0.1, 0.15) is 11.5 Å². The number of para-hydroxylation sites is 2. The molecular formula is C23H30N2O2. The van der Waals surface area contributed by atoms with Crippen LogP contribution < -0.4 is 9.47 Å². The van der Waals surface area contributed by atoms with E-state index in [1.165, 1.54) is 17.7 Å². The van der Waals surface area contributed by atoms with Crippen molar-refractivity contribution in [1.29, 1.82) is 0 Å². The van der Waals surface area contributed by atoms with E-state index in [0.717, 1.165) is 63.7 Å². The molecule has 2 aliphatic heterocycles. The van der Waals surface area contributed by atoms with Crippen LogP contribution in [-0.2, 0) is 13.0 Å². The van der Waals surface area contributed by atoms with E-state index in [4.69, 9.17) is 9.47 Å². The van der Waals surface area contributed by atoms with Gasteiger partial charge in [-0.05, 0) is 36.5 Å². The van der Waals surface area contributed by atoms with Crippen LogP contribution in [0.3, 0.4) is 0 Å². The highest BCUT2D eigenvalue weighted by atomic mass is 16.5. The third kappa shape index (κ3) is 4.63. The molecule has 144 valence electrons. The van der Waals surface area contributed by atoms with E-state index >= 15 is 0 Å². The largest absolute Gasteiger partial charge is 0.496 e. The first-order valence-electron chi connectivity index (χ1n) is 10.1. The molecule has 0 bridgehead atoms. The molecule has 0 spiro atoms. The van der Waals surface area contributed by atoms with Crippen molar-refractivity contribution < 1.29 is 9.47 Å². The Morgan fingerprint density at radius 3 is 2.56 bits per heavy atom. The lowest BCUT2D eigenvalue weighted by molar-refractivity contribution is 0.109. The lowest BCUT2D eigenvalue weighted by atomic mass is 9.96. The summed E-state index contributed by atoms with van der Waals surface area (Å²) in [5, 5.41) is 0. The SMILES string of the molecule is COc1ccccc1CN1CCN(CC2CCOc3ccccc3C2)CC1. The molecule has 4 nitrogen and oxygen atoms in total. The van der Waals surface area contributed by atoms with Gasteiger partial charge in [0.15, 0.2) is 0 Å². The Labute approximate surface area is 162 Å². The minimum absolute atomic E-state index is 0.689. The summed E-state index contributed by atoms with van der Waals surface area (Å²) in [6.45, 7) is 7.54. The van der Waals surface area contributed by atoms with E-state index in [9.17, 15) is 0 Å². The van der Waals surface area contributed by atoms with Crippen LogP contribution in [0.5, 0.6) is 11.5 Å². The number of hydrogen-bond acceptors (Lipinski definition) is 4. The molecule has 2 heterocycles. The van der Waals surface area contributed by atoms with Crippen molar-refractivity contribution in [2.24, 2.45) is 5.92 Å². The fraction of sp³-hybridized carbons (Fsp3) is 0.478. The Balaban J connectivity index is 1.28. The van der Waals surface area contributed by atoms with Gasteiger partial charge in [-0.1, -0.05) is 36.4 Å². The zero-order valence-corrected chi connectivity index (χ0v) is 16.3. The molecule has 0 aliphatic carbocycles. The van der Waals surface area contributed by atoms with Crippen LogP contribution in [0.1, 0.15) is 17.5 Å². The minimum Gasteiger partial charge on any atom is -0.496 e. The molecule has 1 unspecified atom stereocenters. The summed E-state index contributed by atoms with van der Waals surface area (Å²) in [4.78, 5) is 5.18. The van der Waals surface area contributed by atoms with Crippen LogP contribution in [0.4, 0.5) is 0 Å². The van der Waals surface area contributed by atoms with E-state index in [-0.39, 0.29) is 0 Å². The Hall–Kier alpha value is -2.04. The molecule has 2 aliphatic rings. The molecular weight excluding hydrogens is 336 g/mol. The van der Waals surface area contributed by atoms with Crippen LogP contribution in [0.15, 0.2) is 48.5 Å². The Kier molecular flexibility index (Phi) is 5.95. The molecule has 0 saturated carbocycles. The minimum atomic E-state index is 0.689. The Morgan fingerprint density at radius 1 is 0.963 bits per heavy atom. The van der Waals surface area contributed by atoms with Gasteiger partial charge in [-0.15, -0.1) is 0 Å². The van der Waals surface area contributed by atoms with Gasteiger partial charge in [0.2, 0.25) is 0 Å². The van der Waals surface area contributed by atoms with Crippen molar-refractivity contribution in [3.63, 3.8) is 0 Å². The average Bonchev–Trinajstić information content (AvgIpc) is 2.91. The molecule has 0 amide bonds. The number of methoxy groups -OCH3 is 1. The quantitative estimate of drug-likeness (QED) is 0.809. The lowest BCUT2D eigenvalue weighted by Crippen LogP contribution is -2.47. The number of nitrogens with zero attached hydrogens (tertiary/aromatic N) is 2. The van der Waals surface area contributed by atoms with Gasteiger partial charge >= 0.3 is 0 Å². The zero-order chi connectivity index (χ0) is 18.5. The monoisotopic (exact) mass is 366 g/mol. The van der Waals surface area contributed by atoms with Crippen molar-refractivity contribution in [2.75, 3.05) is 46.4 Å². The molecule has 2 aromatic carbocycles. The van der Waals surface area contributed by atoms with Crippen LogP contribution in [-0.4, -0.2) is 56.2 Å². The maximum Gasteiger partial charge on any atom is 0.123 e. The van der Waals surface area contributed by atoms with Crippen molar-refractivity contribution >= 4 is 0 Å². The van der Waals surface area contributed by atoms with Gasteiger partial charge < -0.3 is 14.4 Å². The Bertz CT molecular complexity index is 741. The number of hydrogen-bond donors (Lipinski definition) is 0. The lowest BCUT2D eigenvalue weighted by Gasteiger charge is -2.36. The molecule has 0 aromatic heterocycles. The van der Waals surface area contributed by atoms with Gasteiger partial charge in [-0.3, -0.25) is 4.90 Å². The second kappa shape index (κ2) is 8.77. The van der Waals surface area contributed by atoms with E-state index in [0.29, 0.717) is 5.92 Å². The fourth-order valence-corrected chi connectivity index (χ4v) is 4.29. The number of piperazine rings is 1. The molecule has 1 fully saturated rings. The first kappa shape index (κ1) is 18.3. The summed E-state index contributed by atoms with van der Waals surface area (Å²) in [5.41, 5.74) is 2.65. The topological polar surface area (TPSA) is 24.9 Å². The zero-order valence-electron chi connectivity index (χ0n) is 16.3. The number of fused-ring (bicyclic) bond motifs is 1. The van der Waals surface area contributed by atoms with E-state index in [2.05, 4.69) is 52.3 Å². The molecule has 0 radical (unpaired) electrons. The summed E-state index contributed by atoms with van der Waals surface area (Å²) in [6, 6.07) is 16.9.